The standard InChI is InChI=1S/C16H18N6/c1-13-3-2-4-14(11-13)20-7-9-21(10-8-20)16-6-5-15-18-17-12-22(15)19-16/h2-6,11-12H,7-10H2,1H3. The predicted molar refractivity (Wildman–Crippen MR) is 86.4 cm³/mol. The number of fused-ring (bicyclic) bond motifs is 1. The lowest BCUT2D eigenvalue weighted by molar-refractivity contribution is 0.641. The molecule has 0 N–H and O–H groups in total. The molecular formula is C16H18N6. The van der Waals surface area contributed by atoms with E-state index in [1.165, 1.54) is 11.3 Å². The topological polar surface area (TPSA) is 49.6 Å². The number of hydrogen-bond donors (Lipinski definition) is 0. The van der Waals surface area contributed by atoms with E-state index in [0.717, 1.165) is 37.6 Å². The van der Waals surface area contributed by atoms with Crippen molar-refractivity contribution in [2.75, 3.05) is 36.0 Å². The number of benzene rings is 1. The van der Waals surface area contributed by atoms with Crippen molar-refractivity contribution in [1.29, 1.82) is 0 Å². The van der Waals surface area contributed by atoms with Crippen molar-refractivity contribution in [3.05, 3.63) is 48.3 Å². The Hall–Kier alpha value is -2.63. The average molecular weight is 294 g/mol. The Morgan fingerprint density at radius 1 is 0.955 bits per heavy atom. The van der Waals surface area contributed by atoms with Crippen LogP contribution in [0.4, 0.5) is 11.5 Å². The van der Waals surface area contributed by atoms with Gasteiger partial charge in [0, 0.05) is 31.9 Å². The van der Waals surface area contributed by atoms with Gasteiger partial charge in [0.25, 0.3) is 0 Å². The van der Waals surface area contributed by atoms with Gasteiger partial charge in [-0.3, -0.25) is 0 Å². The lowest BCUT2D eigenvalue weighted by Crippen LogP contribution is -2.47. The van der Waals surface area contributed by atoms with Crippen molar-refractivity contribution in [3.8, 4) is 0 Å². The molecule has 1 fully saturated rings. The molecule has 1 saturated heterocycles. The smallest absolute Gasteiger partial charge is 0.177 e. The summed E-state index contributed by atoms with van der Waals surface area (Å²) in [5.41, 5.74) is 3.39. The predicted octanol–water partition coefficient (Wildman–Crippen LogP) is 1.76. The highest BCUT2D eigenvalue weighted by Gasteiger charge is 2.18. The third-order valence-corrected chi connectivity index (χ3v) is 4.12. The van der Waals surface area contributed by atoms with Crippen molar-refractivity contribution >= 4 is 17.2 Å². The Balaban J connectivity index is 1.49. The maximum atomic E-state index is 4.57. The van der Waals surface area contributed by atoms with Crippen LogP contribution in [-0.2, 0) is 0 Å². The van der Waals surface area contributed by atoms with Gasteiger partial charge in [0.2, 0.25) is 0 Å². The molecule has 1 aromatic carbocycles. The molecule has 0 bridgehead atoms. The third-order valence-electron chi connectivity index (χ3n) is 4.12. The van der Waals surface area contributed by atoms with E-state index in [2.05, 4.69) is 56.3 Å². The number of aromatic nitrogens is 4. The maximum Gasteiger partial charge on any atom is 0.177 e. The molecular weight excluding hydrogens is 276 g/mol. The maximum absolute atomic E-state index is 4.57. The molecule has 6 heteroatoms. The first-order valence-corrected chi connectivity index (χ1v) is 7.53. The van der Waals surface area contributed by atoms with Crippen LogP contribution >= 0.6 is 0 Å². The van der Waals surface area contributed by atoms with Gasteiger partial charge in [0.05, 0.1) is 0 Å². The molecule has 0 unspecified atom stereocenters. The quantitative estimate of drug-likeness (QED) is 0.721. The second kappa shape index (κ2) is 5.29. The molecule has 2 aromatic heterocycles. The largest absolute Gasteiger partial charge is 0.368 e. The van der Waals surface area contributed by atoms with E-state index in [-0.39, 0.29) is 0 Å². The normalized spacial score (nSPS) is 15.5. The summed E-state index contributed by atoms with van der Waals surface area (Å²) in [6.45, 7) is 6.08. The molecule has 0 amide bonds. The van der Waals surface area contributed by atoms with E-state index < -0.39 is 0 Å². The number of aryl methyl sites for hydroxylation is 1. The van der Waals surface area contributed by atoms with Crippen LogP contribution in [0.5, 0.6) is 0 Å². The Bertz CT molecular complexity index is 788. The highest BCUT2D eigenvalue weighted by atomic mass is 15.4. The van der Waals surface area contributed by atoms with Crippen LogP contribution in [0.2, 0.25) is 0 Å². The molecule has 6 nitrogen and oxygen atoms in total. The Labute approximate surface area is 129 Å². The molecule has 0 spiro atoms. The fraction of sp³-hybridized carbons (Fsp3) is 0.312. The molecule has 0 atom stereocenters. The molecule has 3 aromatic rings. The summed E-state index contributed by atoms with van der Waals surface area (Å²) in [5, 5.41) is 12.4. The molecule has 1 aliphatic rings. The van der Waals surface area contributed by atoms with Crippen LogP contribution in [-0.4, -0.2) is 46.0 Å². The van der Waals surface area contributed by atoms with Crippen LogP contribution < -0.4 is 9.80 Å². The van der Waals surface area contributed by atoms with Gasteiger partial charge in [0.15, 0.2) is 5.65 Å². The summed E-state index contributed by atoms with van der Waals surface area (Å²) < 4.78 is 1.72. The minimum atomic E-state index is 0.780. The van der Waals surface area contributed by atoms with E-state index in [1.54, 1.807) is 10.8 Å². The number of anilines is 2. The summed E-state index contributed by atoms with van der Waals surface area (Å²) in [6.07, 6.45) is 1.64. The fourth-order valence-corrected chi connectivity index (χ4v) is 2.91. The molecule has 0 radical (unpaired) electrons. The minimum Gasteiger partial charge on any atom is -0.368 e. The number of nitrogens with zero attached hydrogens (tertiary/aromatic N) is 6. The van der Waals surface area contributed by atoms with Crippen LogP contribution in [0.25, 0.3) is 5.65 Å². The van der Waals surface area contributed by atoms with Gasteiger partial charge >= 0.3 is 0 Å². The van der Waals surface area contributed by atoms with Gasteiger partial charge in [-0.1, -0.05) is 12.1 Å². The van der Waals surface area contributed by atoms with E-state index >= 15 is 0 Å². The first-order valence-electron chi connectivity index (χ1n) is 7.53. The van der Waals surface area contributed by atoms with Crippen molar-refractivity contribution in [2.24, 2.45) is 0 Å². The molecule has 0 saturated carbocycles. The van der Waals surface area contributed by atoms with E-state index in [0.29, 0.717) is 0 Å². The molecule has 3 heterocycles. The zero-order valence-corrected chi connectivity index (χ0v) is 12.6. The first kappa shape index (κ1) is 13.1. The third kappa shape index (κ3) is 2.36. The number of piperazine rings is 1. The zero-order chi connectivity index (χ0) is 14.9. The lowest BCUT2D eigenvalue weighted by atomic mass is 10.2. The van der Waals surface area contributed by atoms with Gasteiger partial charge in [-0.15, -0.1) is 15.3 Å². The second-order valence-electron chi connectivity index (χ2n) is 5.64. The van der Waals surface area contributed by atoms with Crippen LogP contribution in [0.15, 0.2) is 42.7 Å². The molecule has 22 heavy (non-hydrogen) atoms. The summed E-state index contributed by atoms with van der Waals surface area (Å²) in [4.78, 5) is 4.74. The summed E-state index contributed by atoms with van der Waals surface area (Å²) in [5.74, 6) is 0.983. The number of hydrogen-bond acceptors (Lipinski definition) is 5. The Kier molecular flexibility index (Phi) is 3.14. The Morgan fingerprint density at radius 2 is 1.77 bits per heavy atom. The first-order chi connectivity index (χ1) is 10.8. The van der Waals surface area contributed by atoms with E-state index in [9.17, 15) is 0 Å². The zero-order valence-electron chi connectivity index (χ0n) is 12.6. The van der Waals surface area contributed by atoms with Crippen LogP contribution in [0.3, 0.4) is 0 Å². The van der Waals surface area contributed by atoms with Crippen LogP contribution in [0.1, 0.15) is 5.56 Å². The minimum absolute atomic E-state index is 0.780. The van der Waals surface area contributed by atoms with Crippen molar-refractivity contribution in [2.45, 2.75) is 6.92 Å². The summed E-state index contributed by atoms with van der Waals surface area (Å²) >= 11 is 0. The Morgan fingerprint density at radius 3 is 2.59 bits per heavy atom. The van der Waals surface area contributed by atoms with Gasteiger partial charge < -0.3 is 9.80 Å². The van der Waals surface area contributed by atoms with Crippen molar-refractivity contribution in [3.63, 3.8) is 0 Å². The lowest BCUT2D eigenvalue weighted by Gasteiger charge is -2.36. The monoisotopic (exact) mass is 294 g/mol. The fourth-order valence-electron chi connectivity index (χ4n) is 2.91. The molecule has 112 valence electrons. The average Bonchev–Trinajstić information content (AvgIpc) is 3.02. The molecule has 0 aliphatic carbocycles. The highest BCUT2D eigenvalue weighted by molar-refractivity contribution is 5.51. The molecule has 4 rings (SSSR count). The highest BCUT2D eigenvalue weighted by Crippen LogP contribution is 2.20. The van der Waals surface area contributed by atoms with Gasteiger partial charge in [0.1, 0.15) is 12.1 Å². The van der Waals surface area contributed by atoms with E-state index in [4.69, 9.17) is 0 Å². The van der Waals surface area contributed by atoms with E-state index in [1.807, 2.05) is 12.1 Å². The van der Waals surface area contributed by atoms with Gasteiger partial charge in [-0.25, -0.2) is 0 Å². The SMILES string of the molecule is Cc1cccc(N2CCN(c3ccc4nncn4n3)CC2)c1. The summed E-state index contributed by atoms with van der Waals surface area (Å²) in [6, 6.07) is 12.7. The van der Waals surface area contributed by atoms with Gasteiger partial charge in [-0.2, -0.15) is 4.52 Å². The molecule has 1 aliphatic heterocycles. The number of rotatable bonds is 2. The second-order valence-corrected chi connectivity index (χ2v) is 5.64. The van der Waals surface area contributed by atoms with Gasteiger partial charge in [-0.05, 0) is 36.8 Å². The van der Waals surface area contributed by atoms with Crippen molar-refractivity contribution < 1.29 is 0 Å². The summed E-state index contributed by atoms with van der Waals surface area (Å²) in [7, 11) is 0. The van der Waals surface area contributed by atoms with Crippen LogP contribution in [0, 0.1) is 6.92 Å². The van der Waals surface area contributed by atoms with Crippen molar-refractivity contribution in [1.82, 2.24) is 19.8 Å².